The van der Waals surface area contributed by atoms with Gasteiger partial charge in [-0.3, -0.25) is 0 Å². The summed E-state index contributed by atoms with van der Waals surface area (Å²) in [6, 6.07) is 21.8. The molecular weight excluding hydrogens is 544 g/mol. The summed E-state index contributed by atoms with van der Waals surface area (Å²) < 4.78 is 16.9. The standard InChI is InChI=1S/C31H37ClN4O5/c1-39-29-17-28(33)27(32)16-26(29)30(37)41-20-23-12-14-36(15-13-23)18-25(21-40-19-22-8-4-2-5-9-22)35-31(38)34-24-10-6-3-7-11-24/h2-11,16-17,23,25H,12-15,18-21,33H2,1H3,(H2,34,35,38)/t25-/m0/s1. The lowest BCUT2D eigenvalue weighted by atomic mass is 9.97. The van der Waals surface area contributed by atoms with E-state index >= 15 is 0 Å². The lowest BCUT2D eigenvalue weighted by Crippen LogP contribution is -2.49. The molecule has 9 nitrogen and oxygen atoms in total. The number of urea groups is 1. The molecule has 1 atom stereocenters. The number of ether oxygens (including phenoxy) is 3. The van der Waals surface area contributed by atoms with Gasteiger partial charge in [-0.05, 0) is 55.6 Å². The van der Waals surface area contributed by atoms with E-state index < -0.39 is 5.97 Å². The largest absolute Gasteiger partial charge is 0.496 e. The number of anilines is 2. The maximum Gasteiger partial charge on any atom is 0.341 e. The summed E-state index contributed by atoms with van der Waals surface area (Å²) in [6.07, 6.45) is 1.72. The number of piperidine rings is 1. The van der Waals surface area contributed by atoms with Crippen LogP contribution in [0.15, 0.2) is 72.8 Å². The minimum absolute atomic E-state index is 0.209. The highest BCUT2D eigenvalue weighted by molar-refractivity contribution is 6.33. The van der Waals surface area contributed by atoms with Gasteiger partial charge in [-0.1, -0.05) is 60.1 Å². The van der Waals surface area contributed by atoms with Gasteiger partial charge in [-0.2, -0.15) is 0 Å². The van der Waals surface area contributed by atoms with E-state index in [0.717, 1.165) is 37.2 Å². The molecule has 1 fully saturated rings. The maximum absolute atomic E-state index is 12.7. The van der Waals surface area contributed by atoms with E-state index in [4.69, 9.17) is 31.5 Å². The van der Waals surface area contributed by atoms with Crippen LogP contribution in [0.5, 0.6) is 5.75 Å². The van der Waals surface area contributed by atoms with Crippen LogP contribution in [0.2, 0.25) is 5.02 Å². The molecule has 0 bridgehead atoms. The summed E-state index contributed by atoms with van der Waals surface area (Å²) in [4.78, 5) is 27.7. The Hall–Kier alpha value is -3.79. The molecule has 0 saturated carbocycles. The predicted molar refractivity (Wildman–Crippen MR) is 160 cm³/mol. The Labute approximate surface area is 245 Å². The second-order valence-electron chi connectivity index (χ2n) is 10.1. The number of esters is 1. The van der Waals surface area contributed by atoms with E-state index in [1.54, 1.807) is 0 Å². The van der Waals surface area contributed by atoms with E-state index in [-0.39, 0.29) is 28.6 Å². The van der Waals surface area contributed by atoms with Crippen molar-refractivity contribution in [2.75, 3.05) is 51.0 Å². The average Bonchev–Trinajstić information content (AvgIpc) is 2.98. The van der Waals surface area contributed by atoms with Crippen LogP contribution in [0.25, 0.3) is 0 Å². The molecule has 218 valence electrons. The topological polar surface area (TPSA) is 115 Å². The van der Waals surface area contributed by atoms with Gasteiger partial charge in [0.15, 0.2) is 0 Å². The SMILES string of the molecule is COc1cc(N)c(Cl)cc1C(=O)OCC1CCN(C[C@@H](COCc2ccccc2)NC(=O)Nc2ccccc2)CC1. The number of nitrogens with two attached hydrogens (primary N) is 1. The first kappa shape index (κ1) is 30.2. The number of rotatable bonds is 12. The number of halogens is 1. The van der Waals surface area contributed by atoms with Gasteiger partial charge in [0.2, 0.25) is 0 Å². The molecule has 1 saturated heterocycles. The average molecular weight is 581 g/mol. The molecule has 1 aliphatic rings. The van der Waals surface area contributed by atoms with Crippen LogP contribution in [0.4, 0.5) is 16.2 Å². The van der Waals surface area contributed by atoms with Crippen LogP contribution in [0, 0.1) is 5.92 Å². The van der Waals surface area contributed by atoms with Gasteiger partial charge in [0.25, 0.3) is 0 Å². The van der Waals surface area contributed by atoms with E-state index in [1.807, 2.05) is 60.7 Å². The molecule has 3 aromatic rings. The number of nitrogens with one attached hydrogen (secondary N) is 2. The Balaban J connectivity index is 1.27. The summed E-state index contributed by atoms with van der Waals surface area (Å²) in [6.45, 7) is 3.42. The fourth-order valence-corrected chi connectivity index (χ4v) is 4.89. The minimum Gasteiger partial charge on any atom is -0.496 e. The highest BCUT2D eigenvalue weighted by atomic mass is 35.5. The molecule has 1 heterocycles. The molecular formula is C31H37ClN4O5. The highest BCUT2D eigenvalue weighted by Crippen LogP contribution is 2.29. The Morgan fingerprint density at radius 2 is 1.73 bits per heavy atom. The zero-order valence-electron chi connectivity index (χ0n) is 23.2. The first-order chi connectivity index (χ1) is 19.9. The molecule has 4 N–H and O–H groups in total. The summed E-state index contributed by atoms with van der Waals surface area (Å²) >= 11 is 6.10. The van der Waals surface area contributed by atoms with Crippen LogP contribution < -0.4 is 21.1 Å². The smallest absolute Gasteiger partial charge is 0.341 e. The first-order valence-corrected chi connectivity index (χ1v) is 14.1. The van der Waals surface area contributed by atoms with Crippen molar-refractivity contribution in [2.24, 2.45) is 5.92 Å². The number of para-hydroxylation sites is 1. The van der Waals surface area contributed by atoms with Gasteiger partial charge < -0.3 is 35.5 Å². The van der Waals surface area contributed by atoms with Crippen LogP contribution in [0.1, 0.15) is 28.8 Å². The molecule has 0 radical (unpaired) electrons. The molecule has 10 heteroatoms. The molecule has 4 rings (SSSR count). The van der Waals surface area contributed by atoms with Crippen molar-refractivity contribution in [3.8, 4) is 5.75 Å². The lowest BCUT2D eigenvalue weighted by molar-refractivity contribution is 0.0349. The van der Waals surface area contributed by atoms with E-state index in [2.05, 4.69) is 15.5 Å². The first-order valence-electron chi connectivity index (χ1n) is 13.7. The number of benzene rings is 3. The van der Waals surface area contributed by atoms with E-state index in [0.29, 0.717) is 37.8 Å². The van der Waals surface area contributed by atoms with Crippen molar-refractivity contribution in [1.82, 2.24) is 10.2 Å². The number of carbonyl (C=O) groups excluding carboxylic acids is 2. The second-order valence-corrected chi connectivity index (χ2v) is 10.5. The number of methoxy groups -OCH3 is 1. The third-order valence-corrected chi connectivity index (χ3v) is 7.30. The Kier molecular flexibility index (Phi) is 11.2. The predicted octanol–water partition coefficient (Wildman–Crippen LogP) is 5.21. The third kappa shape index (κ3) is 9.38. The van der Waals surface area contributed by atoms with Crippen LogP contribution in [0.3, 0.4) is 0 Å². The Bertz CT molecular complexity index is 1270. The molecule has 0 spiro atoms. The highest BCUT2D eigenvalue weighted by Gasteiger charge is 2.25. The van der Waals surface area contributed by atoms with Crippen molar-refractivity contribution in [3.63, 3.8) is 0 Å². The fourth-order valence-electron chi connectivity index (χ4n) is 4.72. The molecule has 1 aliphatic heterocycles. The second kappa shape index (κ2) is 15.3. The maximum atomic E-state index is 12.7. The third-order valence-electron chi connectivity index (χ3n) is 6.97. The summed E-state index contributed by atoms with van der Waals surface area (Å²) in [5.41, 5.74) is 8.21. The summed E-state index contributed by atoms with van der Waals surface area (Å²) in [7, 11) is 1.47. The van der Waals surface area contributed by atoms with Gasteiger partial charge in [-0.15, -0.1) is 0 Å². The molecule has 0 aromatic heterocycles. The Morgan fingerprint density at radius 1 is 1.05 bits per heavy atom. The lowest BCUT2D eigenvalue weighted by Gasteiger charge is -2.34. The normalized spacial score (nSPS) is 14.7. The quantitative estimate of drug-likeness (QED) is 0.199. The molecule has 0 unspecified atom stereocenters. The van der Waals surface area contributed by atoms with E-state index in [1.165, 1.54) is 19.2 Å². The fraction of sp³-hybridized carbons (Fsp3) is 0.355. The van der Waals surface area contributed by atoms with Gasteiger partial charge >= 0.3 is 12.0 Å². The summed E-state index contributed by atoms with van der Waals surface area (Å²) in [5.74, 6) is 0.0686. The zero-order valence-corrected chi connectivity index (χ0v) is 23.9. The van der Waals surface area contributed by atoms with Crippen molar-refractivity contribution >= 4 is 35.0 Å². The van der Waals surface area contributed by atoms with Crippen LogP contribution in [-0.4, -0.2) is 62.9 Å². The van der Waals surface area contributed by atoms with Crippen LogP contribution in [-0.2, 0) is 16.1 Å². The number of hydrogen-bond acceptors (Lipinski definition) is 7. The van der Waals surface area contributed by atoms with Gasteiger partial charge in [0.05, 0.1) is 43.7 Å². The number of nitrogen functional groups attached to an aromatic ring is 1. The monoisotopic (exact) mass is 580 g/mol. The minimum atomic E-state index is -0.490. The van der Waals surface area contributed by atoms with Crippen molar-refractivity contribution in [1.29, 1.82) is 0 Å². The van der Waals surface area contributed by atoms with Crippen molar-refractivity contribution in [2.45, 2.75) is 25.5 Å². The van der Waals surface area contributed by atoms with Gasteiger partial charge in [-0.25, -0.2) is 9.59 Å². The van der Waals surface area contributed by atoms with Gasteiger partial charge in [0.1, 0.15) is 11.3 Å². The summed E-state index contributed by atoms with van der Waals surface area (Å²) in [5, 5.41) is 6.23. The van der Waals surface area contributed by atoms with E-state index in [9.17, 15) is 9.59 Å². The van der Waals surface area contributed by atoms with Crippen LogP contribution >= 0.6 is 11.6 Å². The molecule has 2 amide bonds. The van der Waals surface area contributed by atoms with Crippen molar-refractivity contribution < 1.29 is 23.8 Å². The number of carbonyl (C=O) groups is 2. The molecule has 3 aromatic carbocycles. The number of likely N-dealkylation sites (tertiary alicyclic amines) is 1. The Morgan fingerprint density at radius 3 is 2.41 bits per heavy atom. The molecule has 0 aliphatic carbocycles. The van der Waals surface area contributed by atoms with Gasteiger partial charge in [0, 0.05) is 18.3 Å². The zero-order chi connectivity index (χ0) is 29.0. The number of hydrogen-bond donors (Lipinski definition) is 3. The number of amides is 2. The molecule has 41 heavy (non-hydrogen) atoms. The number of nitrogens with zero attached hydrogens (tertiary/aromatic N) is 1. The van der Waals surface area contributed by atoms with Crippen molar-refractivity contribution in [3.05, 3.63) is 88.9 Å².